The standard InChI is InChI=1S/C21H25N5O2/c22-21-24-12-17(19(25-21)15-6-2-1-3-7-15)20(28)23-11-14-10-18(27)26(13-14)16-8-4-5-9-16/h1-3,6-7,12,14,16H,4-5,8-11,13H2,(H,23,28)(H2,22,24,25). The van der Waals surface area contributed by atoms with Crippen molar-refractivity contribution < 1.29 is 9.59 Å². The lowest BCUT2D eigenvalue weighted by molar-refractivity contribution is -0.129. The van der Waals surface area contributed by atoms with Crippen LogP contribution in [0.25, 0.3) is 11.3 Å². The fraction of sp³-hybridized carbons (Fsp3) is 0.429. The lowest BCUT2D eigenvalue weighted by Crippen LogP contribution is -2.36. The van der Waals surface area contributed by atoms with Gasteiger partial charge >= 0.3 is 0 Å². The van der Waals surface area contributed by atoms with E-state index in [-0.39, 0.29) is 23.7 Å². The van der Waals surface area contributed by atoms with E-state index >= 15 is 0 Å². The summed E-state index contributed by atoms with van der Waals surface area (Å²) >= 11 is 0. The summed E-state index contributed by atoms with van der Waals surface area (Å²) in [7, 11) is 0. The lowest BCUT2D eigenvalue weighted by atomic mass is 10.1. The summed E-state index contributed by atoms with van der Waals surface area (Å²) < 4.78 is 0. The molecule has 2 aliphatic rings. The average molecular weight is 379 g/mol. The lowest BCUT2D eigenvalue weighted by Gasteiger charge is -2.24. The van der Waals surface area contributed by atoms with Crippen molar-refractivity contribution in [2.75, 3.05) is 18.8 Å². The molecule has 0 radical (unpaired) electrons. The number of anilines is 1. The first-order valence-corrected chi connectivity index (χ1v) is 9.87. The SMILES string of the molecule is Nc1ncc(C(=O)NCC2CC(=O)N(C3CCCC3)C2)c(-c2ccccc2)n1. The smallest absolute Gasteiger partial charge is 0.255 e. The number of rotatable bonds is 5. The second kappa shape index (κ2) is 7.96. The molecule has 28 heavy (non-hydrogen) atoms. The Morgan fingerprint density at radius 3 is 2.71 bits per heavy atom. The molecule has 2 amide bonds. The second-order valence-corrected chi connectivity index (χ2v) is 7.62. The van der Waals surface area contributed by atoms with Crippen LogP contribution >= 0.6 is 0 Å². The van der Waals surface area contributed by atoms with E-state index in [1.807, 2.05) is 35.2 Å². The normalized spacial score (nSPS) is 19.9. The van der Waals surface area contributed by atoms with Crippen LogP contribution < -0.4 is 11.1 Å². The van der Waals surface area contributed by atoms with E-state index in [0.29, 0.717) is 30.3 Å². The molecule has 1 saturated carbocycles. The number of likely N-dealkylation sites (tertiary alicyclic amines) is 1. The van der Waals surface area contributed by atoms with Crippen LogP contribution in [0.4, 0.5) is 5.95 Å². The predicted molar refractivity (Wildman–Crippen MR) is 106 cm³/mol. The second-order valence-electron chi connectivity index (χ2n) is 7.62. The Kier molecular flexibility index (Phi) is 5.23. The van der Waals surface area contributed by atoms with Gasteiger partial charge in [0, 0.05) is 43.2 Å². The van der Waals surface area contributed by atoms with Gasteiger partial charge in [-0.2, -0.15) is 0 Å². The highest BCUT2D eigenvalue weighted by Gasteiger charge is 2.35. The van der Waals surface area contributed by atoms with E-state index in [2.05, 4.69) is 15.3 Å². The molecule has 0 bridgehead atoms. The summed E-state index contributed by atoms with van der Waals surface area (Å²) in [6.07, 6.45) is 6.58. The summed E-state index contributed by atoms with van der Waals surface area (Å²) in [4.78, 5) is 35.4. The third-order valence-electron chi connectivity index (χ3n) is 5.65. The quantitative estimate of drug-likeness (QED) is 0.830. The number of nitrogens with two attached hydrogens (primary N) is 1. The fourth-order valence-electron chi connectivity index (χ4n) is 4.22. The van der Waals surface area contributed by atoms with Crippen molar-refractivity contribution in [3.63, 3.8) is 0 Å². The largest absolute Gasteiger partial charge is 0.368 e. The number of carbonyl (C=O) groups excluding carboxylic acids is 2. The maximum atomic E-state index is 12.8. The van der Waals surface area contributed by atoms with Crippen molar-refractivity contribution in [3.8, 4) is 11.3 Å². The van der Waals surface area contributed by atoms with Crippen LogP contribution in [0.15, 0.2) is 36.5 Å². The summed E-state index contributed by atoms with van der Waals surface area (Å²) in [6.45, 7) is 1.19. The van der Waals surface area contributed by atoms with Crippen LogP contribution in [0.1, 0.15) is 42.5 Å². The molecule has 1 unspecified atom stereocenters. The minimum absolute atomic E-state index is 0.129. The van der Waals surface area contributed by atoms with Gasteiger partial charge in [-0.3, -0.25) is 9.59 Å². The number of carbonyl (C=O) groups is 2. The molecule has 2 fully saturated rings. The fourth-order valence-corrected chi connectivity index (χ4v) is 4.22. The van der Waals surface area contributed by atoms with Crippen molar-refractivity contribution in [1.29, 1.82) is 0 Å². The third kappa shape index (κ3) is 3.83. The molecule has 7 heteroatoms. The zero-order chi connectivity index (χ0) is 19.5. The van der Waals surface area contributed by atoms with Crippen LogP contribution in [0.2, 0.25) is 0 Å². The van der Waals surface area contributed by atoms with Gasteiger partial charge in [-0.15, -0.1) is 0 Å². The highest BCUT2D eigenvalue weighted by Crippen LogP contribution is 2.29. The number of hydrogen-bond donors (Lipinski definition) is 2. The van der Waals surface area contributed by atoms with Crippen molar-refractivity contribution in [2.24, 2.45) is 5.92 Å². The van der Waals surface area contributed by atoms with Gasteiger partial charge < -0.3 is 16.0 Å². The molecule has 1 aliphatic heterocycles. The molecule has 1 saturated heterocycles. The molecule has 146 valence electrons. The molecule has 2 heterocycles. The maximum absolute atomic E-state index is 12.8. The zero-order valence-electron chi connectivity index (χ0n) is 15.8. The number of amides is 2. The van der Waals surface area contributed by atoms with E-state index in [9.17, 15) is 9.59 Å². The van der Waals surface area contributed by atoms with Crippen molar-refractivity contribution in [2.45, 2.75) is 38.1 Å². The van der Waals surface area contributed by atoms with Crippen molar-refractivity contribution >= 4 is 17.8 Å². The summed E-state index contributed by atoms with van der Waals surface area (Å²) in [5.74, 6) is 0.244. The Labute approximate surface area is 164 Å². The molecule has 3 N–H and O–H groups in total. The molecule has 0 spiro atoms. The molecule has 7 nitrogen and oxygen atoms in total. The zero-order valence-corrected chi connectivity index (χ0v) is 15.8. The highest BCUT2D eigenvalue weighted by atomic mass is 16.2. The Bertz CT molecular complexity index is 864. The molecule has 1 aromatic heterocycles. The van der Waals surface area contributed by atoms with Gasteiger partial charge in [0.15, 0.2) is 0 Å². The molecule has 1 aromatic carbocycles. The van der Waals surface area contributed by atoms with Gasteiger partial charge in [0.05, 0.1) is 11.3 Å². The molecule has 1 aliphatic carbocycles. The first-order chi connectivity index (χ1) is 13.6. The Morgan fingerprint density at radius 2 is 1.96 bits per heavy atom. The van der Waals surface area contributed by atoms with Gasteiger partial charge in [-0.25, -0.2) is 9.97 Å². The monoisotopic (exact) mass is 379 g/mol. The molecular weight excluding hydrogens is 354 g/mol. The highest BCUT2D eigenvalue weighted by molar-refractivity contribution is 5.99. The molecule has 2 aromatic rings. The first-order valence-electron chi connectivity index (χ1n) is 9.87. The van der Waals surface area contributed by atoms with Crippen LogP contribution in [0.3, 0.4) is 0 Å². The van der Waals surface area contributed by atoms with Gasteiger partial charge in [-0.1, -0.05) is 43.2 Å². The minimum Gasteiger partial charge on any atom is -0.368 e. The minimum atomic E-state index is -0.245. The Balaban J connectivity index is 1.43. The number of aromatic nitrogens is 2. The van der Waals surface area contributed by atoms with Gasteiger partial charge in [0.1, 0.15) is 0 Å². The van der Waals surface area contributed by atoms with Crippen LogP contribution in [0.5, 0.6) is 0 Å². The number of benzene rings is 1. The molecular formula is C21H25N5O2. The topological polar surface area (TPSA) is 101 Å². The van der Waals surface area contributed by atoms with Gasteiger partial charge in [0.2, 0.25) is 11.9 Å². The number of nitrogens with one attached hydrogen (secondary N) is 1. The van der Waals surface area contributed by atoms with E-state index in [4.69, 9.17) is 5.73 Å². The molecule has 4 rings (SSSR count). The van der Waals surface area contributed by atoms with Gasteiger partial charge in [-0.05, 0) is 12.8 Å². The first kappa shape index (κ1) is 18.4. The summed E-state index contributed by atoms with van der Waals surface area (Å²) in [5, 5.41) is 2.96. The van der Waals surface area contributed by atoms with Gasteiger partial charge in [0.25, 0.3) is 5.91 Å². The van der Waals surface area contributed by atoms with E-state index in [0.717, 1.165) is 24.9 Å². The van der Waals surface area contributed by atoms with E-state index in [1.54, 1.807) is 0 Å². The predicted octanol–water partition coefficient (Wildman–Crippen LogP) is 2.25. The number of nitrogens with zero attached hydrogens (tertiary/aromatic N) is 3. The summed E-state index contributed by atoms with van der Waals surface area (Å²) in [5.41, 5.74) is 7.44. The van der Waals surface area contributed by atoms with Crippen LogP contribution in [0, 0.1) is 5.92 Å². The summed E-state index contributed by atoms with van der Waals surface area (Å²) in [6, 6.07) is 9.83. The van der Waals surface area contributed by atoms with Crippen molar-refractivity contribution in [3.05, 3.63) is 42.1 Å². The number of hydrogen-bond acceptors (Lipinski definition) is 5. The third-order valence-corrected chi connectivity index (χ3v) is 5.65. The number of nitrogen functional groups attached to an aromatic ring is 1. The van der Waals surface area contributed by atoms with Crippen LogP contribution in [-0.4, -0.2) is 45.8 Å². The maximum Gasteiger partial charge on any atom is 0.255 e. The average Bonchev–Trinajstić information content (AvgIpc) is 3.36. The van der Waals surface area contributed by atoms with E-state index < -0.39 is 0 Å². The van der Waals surface area contributed by atoms with Crippen molar-refractivity contribution in [1.82, 2.24) is 20.2 Å². The Morgan fingerprint density at radius 1 is 1.21 bits per heavy atom. The molecule has 1 atom stereocenters. The van der Waals surface area contributed by atoms with E-state index in [1.165, 1.54) is 19.0 Å². The van der Waals surface area contributed by atoms with Crippen LogP contribution in [-0.2, 0) is 4.79 Å². The Hall–Kier alpha value is -2.96.